The fourth-order valence-electron chi connectivity index (χ4n) is 3.95. The molecule has 2 aromatic carbocycles. The third-order valence-corrected chi connectivity index (χ3v) is 7.77. The number of amides is 1. The number of hydrogen-bond acceptors (Lipinski definition) is 6. The first-order valence-electron chi connectivity index (χ1n) is 11.4. The third-order valence-electron chi connectivity index (χ3n) is 6.08. The van der Waals surface area contributed by atoms with Gasteiger partial charge in [0.05, 0.1) is 16.9 Å². The van der Waals surface area contributed by atoms with E-state index in [9.17, 15) is 22.4 Å². The maximum absolute atomic E-state index is 14.7. The van der Waals surface area contributed by atoms with E-state index in [0.29, 0.717) is 20.6 Å². The summed E-state index contributed by atoms with van der Waals surface area (Å²) in [4.78, 5) is 26.6. The lowest BCUT2D eigenvalue weighted by molar-refractivity contribution is 0.0948. The fourth-order valence-corrected chi connectivity index (χ4v) is 5.31. The summed E-state index contributed by atoms with van der Waals surface area (Å²) >= 11 is 1.99. The van der Waals surface area contributed by atoms with Crippen molar-refractivity contribution in [2.24, 2.45) is 7.05 Å². The van der Waals surface area contributed by atoms with Gasteiger partial charge in [0.25, 0.3) is 21.7 Å². The summed E-state index contributed by atoms with van der Waals surface area (Å²) in [5, 5.41) is 5.84. The molecule has 1 aromatic heterocycles. The van der Waals surface area contributed by atoms with E-state index in [2.05, 4.69) is 20.1 Å². The monoisotopic (exact) mass is 639 g/mol. The molecule has 4 N–H and O–H groups in total. The molecule has 2 heterocycles. The van der Waals surface area contributed by atoms with Crippen molar-refractivity contribution in [1.29, 1.82) is 0 Å². The van der Waals surface area contributed by atoms with Gasteiger partial charge in [-0.05, 0) is 84.3 Å². The number of rotatable bonds is 6. The van der Waals surface area contributed by atoms with Crippen molar-refractivity contribution >= 4 is 55.9 Å². The van der Waals surface area contributed by atoms with Crippen molar-refractivity contribution < 1.29 is 22.3 Å². The molecule has 13 heteroatoms. The number of aromatic nitrogens is 1. The van der Waals surface area contributed by atoms with Crippen LogP contribution < -0.4 is 30.4 Å². The van der Waals surface area contributed by atoms with E-state index < -0.39 is 27.5 Å². The lowest BCUT2D eigenvalue weighted by atomic mass is 10.1. The Hall–Kier alpha value is -3.17. The first-order chi connectivity index (χ1) is 17.5. The zero-order valence-electron chi connectivity index (χ0n) is 19.8. The minimum Gasteiger partial charge on any atom is -0.456 e. The average Bonchev–Trinajstić information content (AvgIpc) is 3.65. The largest absolute Gasteiger partial charge is 0.456 e. The molecule has 2 aliphatic rings. The number of benzene rings is 2. The second-order valence-corrected chi connectivity index (χ2v) is 11.6. The number of ether oxygens (including phenoxy) is 1. The Bertz CT molecular complexity index is 1600. The van der Waals surface area contributed by atoms with Crippen LogP contribution in [0.25, 0.3) is 0 Å². The van der Waals surface area contributed by atoms with Gasteiger partial charge in [0.15, 0.2) is 5.75 Å². The van der Waals surface area contributed by atoms with Gasteiger partial charge in [-0.3, -0.25) is 18.9 Å². The first kappa shape index (κ1) is 25.5. The lowest BCUT2D eigenvalue weighted by Crippen LogP contribution is -2.34. The number of pyridine rings is 1. The normalized spacial score (nSPS) is 15.9. The fraction of sp³-hybridized carbons (Fsp3) is 0.250. The summed E-state index contributed by atoms with van der Waals surface area (Å²) in [6, 6.07) is 9.30. The summed E-state index contributed by atoms with van der Waals surface area (Å²) < 4.78 is 51.1. The third kappa shape index (κ3) is 5.29. The summed E-state index contributed by atoms with van der Waals surface area (Å²) in [6.07, 6.45) is 1.68. The number of halogens is 2. The highest BCUT2D eigenvalue weighted by atomic mass is 127. The molecule has 194 valence electrons. The van der Waals surface area contributed by atoms with Crippen LogP contribution in [0.4, 0.5) is 21.6 Å². The Kier molecular flexibility index (Phi) is 6.62. The predicted octanol–water partition coefficient (Wildman–Crippen LogP) is 3.63. The smallest absolute Gasteiger partial charge is 0.299 e. The summed E-state index contributed by atoms with van der Waals surface area (Å²) in [7, 11) is -2.13. The molecule has 1 amide bonds. The highest BCUT2D eigenvalue weighted by molar-refractivity contribution is 14.1. The number of fused-ring (bicyclic) bond motifs is 1. The topological polar surface area (TPSA) is 131 Å². The van der Waals surface area contributed by atoms with Crippen LogP contribution in [-0.4, -0.2) is 24.9 Å². The molecule has 1 aliphatic heterocycles. The van der Waals surface area contributed by atoms with Crippen LogP contribution in [-0.2, 0) is 23.8 Å². The molecule has 0 unspecified atom stereocenters. The van der Waals surface area contributed by atoms with Gasteiger partial charge in [-0.2, -0.15) is 13.1 Å². The molecule has 37 heavy (non-hydrogen) atoms. The van der Waals surface area contributed by atoms with Crippen LogP contribution in [0.15, 0.2) is 41.2 Å². The zero-order chi connectivity index (χ0) is 26.5. The standard InChI is InChI=1S/C24H23FIN5O5S/c1-12-21(36-16-6-8-18-13(9-16)11-27-37(34,35)30-18)20(23(32)28-15-4-5-15)22(31(2)24(12)33)29-19-7-3-14(26)10-17(19)25/h3,6-10,15,27,29-30H,4-5,11H2,1-2H3,(H,28,32). The second kappa shape index (κ2) is 9.61. The molecular weight excluding hydrogens is 616 g/mol. The van der Waals surface area contributed by atoms with E-state index in [1.165, 1.54) is 29.8 Å². The predicted molar refractivity (Wildman–Crippen MR) is 145 cm³/mol. The summed E-state index contributed by atoms with van der Waals surface area (Å²) in [5.41, 5.74) is 0.929. The van der Waals surface area contributed by atoms with Gasteiger partial charge in [-0.15, -0.1) is 0 Å². The molecule has 0 spiro atoms. The van der Waals surface area contributed by atoms with Gasteiger partial charge < -0.3 is 15.4 Å². The van der Waals surface area contributed by atoms with E-state index in [1.807, 2.05) is 22.6 Å². The molecule has 10 nitrogen and oxygen atoms in total. The molecule has 0 atom stereocenters. The minimum absolute atomic E-state index is 0.0172. The molecule has 5 rings (SSSR count). The first-order valence-corrected chi connectivity index (χ1v) is 13.9. The van der Waals surface area contributed by atoms with E-state index >= 15 is 0 Å². The SMILES string of the molecule is Cc1c(Oc2ccc3c(c2)CNS(=O)(=O)N3)c(C(=O)NC2CC2)c(Nc2ccc(I)cc2F)n(C)c1=O. The van der Waals surface area contributed by atoms with Gasteiger partial charge in [0.2, 0.25) is 0 Å². The molecule has 1 fully saturated rings. The molecule has 1 saturated carbocycles. The highest BCUT2D eigenvalue weighted by Crippen LogP contribution is 2.36. The van der Waals surface area contributed by atoms with Crippen molar-refractivity contribution in [3.63, 3.8) is 0 Å². The Labute approximate surface area is 225 Å². The average molecular weight is 639 g/mol. The van der Waals surface area contributed by atoms with Gasteiger partial charge in [-0.1, -0.05) is 0 Å². The number of hydrogen-bond donors (Lipinski definition) is 4. The van der Waals surface area contributed by atoms with Crippen molar-refractivity contribution in [3.05, 3.63) is 72.8 Å². The Morgan fingerprint density at radius 2 is 1.97 bits per heavy atom. The molecule has 0 saturated heterocycles. The summed E-state index contributed by atoms with van der Waals surface area (Å²) in [5.74, 6) is -0.599. The molecule has 0 bridgehead atoms. The van der Waals surface area contributed by atoms with Crippen molar-refractivity contribution in [2.45, 2.75) is 32.4 Å². The number of nitrogens with zero attached hydrogens (tertiary/aromatic N) is 1. The van der Waals surface area contributed by atoms with Crippen LogP contribution >= 0.6 is 22.6 Å². The maximum Gasteiger partial charge on any atom is 0.299 e. The molecule has 3 aromatic rings. The molecule has 0 radical (unpaired) electrons. The van der Waals surface area contributed by atoms with Crippen molar-refractivity contribution in [2.75, 3.05) is 10.0 Å². The van der Waals surface area contributed by atoms with E-state index in [-0.39, 0.29) is 41.0 Å². The van der Waals surface area contributed by atoms with Gasteiger partial charge in [-0.25, -0.2) is 4.39 Å². The lowest BCUT2D eigenvalue weighted by Gasteiger charge is -2.23. The highest BCUT2D eigenvalue weighted by Gasteiger charge is 2.31. The van der Waals surface area contributed by atoms with E-state index in [4.69, 9.17) is 4.74 Å². The number of carbonyl (C=O) groups excluding carboxylic acids is 1. The van der Waals surface area contributed by atoms with Gasteiger partial charge in [0, 0.05) is 23.2 Å². The maximum atomic E-state index is 14.7. The van der Waals surface area contributed by atoms with Crippen molar-refractivity contribution in [1.82, 2.24) is 14.6 Å². The Morgan fingerprint density at radius 1 is 1.22 bits per heavy atom. The van der Waals surface area contributed by atoms with Gasteiger partial charge >= 0.3 is 0 Å². The van der Waals surface area contributed by atoms with Crippen LogP contribution in [0.5, 0.6) is 11.5 Å². The van der Waals surface area contributed by atoms with Crippen molar-refractivity contribution in [3.8, 4) is 11.5 Å². The van der Waals surface area contributed by atoms with Gasteiger partial charge in [0.1, 0.15) is 22.9 Å². The van der Waals surface area contributed by atoms with Crippen LogP contribution in [0.2, 0.25) is 0 Å². The quantitative estimate of drug-likeness (QED) is 0.305. The number of anilines is 3. The minimum atomic E-state index is -3.63. The molecule has 1 aliphatic carbocycles. The second-order valence-electron chi connectivity index (χ2n) is 8.89. The van der Waals surface area contributed by atoms with E-state index in [1.54, 1.807) is 25.1 Å². The number of nitrogens with one attached hydrogen (secondary N) is 4. The van der Waals surface area contributed by atoms with Crippen LogP contribution in [0.1, 0.15) is 34.3 Å². The van der Waals surface area contributed by atoms with Crippen LogP contribution in [0.3, 0.4) is 0 Å². The molecular formula is C24H23FIN5O5S. The summed E-state index contributed by atoms with van der Waals surface area (Å²) in [6.45, 7) is 1.60. The van der Waals surface area contributed by atoms with Crippen LogP contribution in [0, 0.1) is 16.3 Å². The zero-order valence-corrected chi connectivity index (χ0v) is 22.8. The Morgan fingerprint density at radius 3 is 2.68 bits per heavy atom. The Balaban J connectivity index is 1.62. The number of carbonyl (C=O) groups is 1. The van der Waals surface area contributed by atoms with E-state index in [0.717, 1.165) is 12.8 Å².